The summed E-state index contributed by atoms with van der Waals surface area (Å²) in [5.41, 5.74) is 1.84. The molecular formula is C24H24ClFN4O2. The maximum atomic E-state index is 13.1. The molecule has 1 atom stereocenters. The van der Waals surface area contributed by atoms with Crippen molar-refractivity contribution < 1.29 is 13.9 Å². The second kappa shape index (κ2) is 9.53. The molecular weight excluding hydrogens is 431 g/mol. The van der Waals surface area contributed by atoms with Crippen molar-refractivity contribution in [1.29, 1.82) is 0 Å². The number of piperazine rings is 1. The summed E-state index contributed by atoms with van der Waals surface area (Å²) in [6.45, 7) is 5.83. The van der Waals surface area contributed by atoms with Gasteiger partial charge in [0, 0.05) is 31.7 Å². The van der Waals surface area contributed by atoms with E-state index >= 15 is 0 Å². The fourth-order valence-corrected chi connectivity index (χ4v) is 3.93. The molecule has 0 saturated carbocycles. The number of benzene rings is 2. The average molecular weight is 455 g/mol. The number of aromatic nitrogens is 2. The third kappa shape index (κ3) is 5.16. The molecule has 0 N–H and O–H groups in total. The fraction of sp³-hybridized carbons (Fsp3) is 0.292. The lowest BCUT2D eigenvalue weighted by Crippen LogP contribution is -2.54. The van der Waals surface area contributed by atoms with Gasteiger partial charge in [-0.1, -0.05) is 29.8 Å². The minimum absolute atomic E-state index is 0.00208. The summed E-state index contributed by atoms with van der Waals surface area (Å²) in [5.74, 6) is 1.41. The second-order valence-corrected chi connectivity index (χ2v) is 8.34. The predicted octanol–water partition coefficient (Wildman–Crippen LogP) is 4.65. The lowest BCUT2D eigenvalue weighted by atomic mass is 10.1. The van der Waals surface area contributed by atoms with Gasteiger partial charge in [0.2, 0.25) is 11.8 Å². The number of carbonyl (C=O) groups excluding carboxylic acids is 1. The van der Waals surface area contributed by atoms with Gasteiger partial charge in [-0.2, -0.15) is 0 Å². The number of rotatable bonds is 5. The molecule has 1 aliphatic heterocycles. The highest BCUT2D eigenvalue weighted by Gasteiger charge is 2.28. The number of anilines is 1. The molecule has 0 spiro atoms. The van der Waals surface area contributed by atoms with Crippen LogP contribution in [0.3, 0.4) is 0 Å². The van der Waals surface area contributed by atoms with Crippen LogP contribution in [0, 0.1) is 12.7 Å². The number of aryl methyl sites for hydroxylation is 1. The summed E-state index contributed by atoms with van der Waals surface area (Å²) in [6.07, 6.45) is 1.72. The van der Waals surface area contributed by atoms with Crippen molar-refractivity contribution in [2.75, 3.05) is 24.5 Å². The molecule has 3 aromatic rings. The topological polar surface area (TPSA) is 58.6 Å². The Kier molecular flexibility index (Phi) is 6.55. The highest BCUT2D eigenvalue weighted by molar-refractivity contribution is 6.32. The fourth-order valence-electron chi connectivity index (χ4n) is 3.77. The first-order valence-corrected chi connectivity index (χ1v) is 10.8. The molecule has 0 unspecified atom stereocenters. The zero-order valence-electron chi connectivity index (χ0n) is 18.0. The van der Waals surface area contributed by atoms with Crippen LogP contribution in [0.4, 0.5) is 10.2 Å². The van der Waals surface area contributed by atoms with Crippen LogP contribution < -0.4 is 9.64 Å². The third-order valence-corrected chi connectivity index (χ3v) is 5.78. The van der Waals surface area contributed by atoms with Crippen LogP contribution in [-0.2, 0) is 11.2 Å². The lowest BCUT2D eigenvalue weighted by molar-refractivity contribution is -0.132. The van der Waals surface area contributed by atoms with Gasteiger partial charge in [0.15, 0.2) is 0 Å². The minimum atomic E-state index is -0.305. The summed E-state index contributed by atoms with van der Waals surface area (Å²) < 4.78 is 19.0. The van der Waals surface area contributed by atoms with E-state index in [0.29, 0.717) is 36.3 Å². The zero-order chi connectivity index (χ0) is 22.7. The summed E-state index contributed by atoms with van der Waals surface area (Å²) in [4.78, 5) is 25.3. The molecule has 1 aromatic heterocycles. The molecule has 2 aromatic carbocycles. The quantitative estimate of drug-likeness (QED) is 0.561. The molecule has 8 heteroatoms. The molecule has 1 amide bonds. The van der Waals surface area contributed by atoms with Crippen LogP contribution in [0.15, 0.2) is 54.9 Å². The molecule has 0 aliphatic carbocycles. The van der Waals surface area contributed by atoms with E-state index in [0.717, 1.165) is 16.9 Å². The maximum absolute atomic E-state index is 13.1. The van der Waals surface area contributed by atoms with Crippen LogP contribution in [0.5, 0.6) is 11.6 Å². The summed E-state index contributed by atoms with van der Waals surface area (Å²) in [6, 6.07) is 13.4. The number of carbonyl (C=O) groups is 1. The monoisotopic (exact) mass is 454 g/mol. The Morgan fingerprint density at radius 2 is 1.94 bits per heavy atom. The molecule has 1 aliphatic rings. The minimum Gasteiger partial charge on any atom is -0.437 e. The van der Waals surface area contributed by atoms with Crippen LogP contribution in [-0.4, -0.2) is 46.5 Å². The van der Waals surface area contributed by atoms with E-state index in [2.05, 4.69) is 14.9 Å². The van der Waals surface area contributed by atoms with Gasteiger partial charge in [0.25, 0.3) is 0 Å². The van der Waals surface area contributed by atoms with E-state index in [1.807, 2.05) is 30.9 Å². The first-order chi connectivity index (χ1) is 15.4. The van der Waals surface area contributed by atoms with Crippen LogP contribution in [0.25, 0.3) is 0 Å². The van der Waals surface area contributed by atoms with Crippen LogP contribution in [0.1, 0.15) is 18.1 Å². The molecule has 2 heterocycles. The molecule has 1 fully saturated rings. The van der Waals surface area contributed by atoms with E-state index in [9.17, 15) is 9.18 Å². The predicted molar refractivity (Wildman–Crippen MR) is 122 cm³/mol. The van der Waals surface area contributed by atoms with E-state index in [1.54, 1.807) is 24.3 Å². The lowest BCUT2D eigenvalue weighted by Gasteiger charge is -2.40. The van der Waals surface area contributed by atoms with Crippen molar-refractivity contribution in [3.8, 4) is 11.6 Å². The van der Waals surface area contributed by atoms with Crippen LogP contribution in [0.2, 0.25) is 5.02 Å². The zero-order valence-corrected chi connectivity index (χ0v) is 18.7. The Hall–Kier alpha value is -3.19. The molecule has 32 heavy (non-hydrogen) atoms. The highest BCUT2D eigenvalue weighted by Crippen LogP contribution is 2.30. The van der Waals surface area contributed by atoms with Crippen molar-refractivity contribution in [3.05, 3.63) is 76.8 Å². The van der Waals surface area contributed by atoms with Gasteiger partial charge in [-0.05, 0) is 49.2 Å². The molecule has 4 rings (SSSR count). The smallest absolute Gasteiger partial charge is 0.227 e. The Balaban J connectivity index is 1.40. The Labute approximate surface area is 191 Å². The number of halogens is 2. The Bertz CT molecular complexity index is 1110. The SMILES string of the molecule is Cc1ccc(Cl)c(Oc2cc(N3CCN(C(=O)Cc4ccc(F)cc4)[C@@H](C)C3)ncn2)c1. The van der Waals surface area contributed by atoms with Gasteiger partial charge in [0.1, 0.15) is 23.7 Å². The molecule has 0 radical (unpaired) electrons. The van der Waals surface area contributed by atoms with Crippen molar-refractivity contribution in [2.24, 2.45) is 0 Å². The summed E-state index contributed by atoms with van der Waals surface area (Å²) in [5, 5.41) is 0.512. The summed E-state index contributed by atoms with van der Waals surface area (Å²) in [7, 11) is 0. The van der Waals surface area contributed by atoms with Gasteiger partial charge in [-0.3, -0.25) is 4.79 Å². The van der Waals surface area contributed by atoms with E-state index in [4.69, 9.17) is 16.3 Å². The Morgan fingerprint density at radius 3 is 2.69 bits per heavy atom. The van der Waals surface area contributed by atoms with Gasteiger partial charge in [-0.15, -0.1) is 0 Å². The molecule has 166 valence electrons. The van der Waals surface area contributed by atoms with Crippen molar-refractivity contribution in [3.63, 3.8) is 0 Å². The molecule has 1 saturated heterocycles. The van der Waals surface area contributed by atoms with Crippen molar-refractivity contribution in [2.45, 2.75) is 26.3 Å². The van der Waals surface area contributed by atoms with Gasteiger partial charge in [-0.25, -0.2) is 14.4 Å². The van der Waals surface area contributed by atoms with Gasteiger partial charge in [0.05, 0.1) is 11.4 Å². The summed E-state index contributed by atoms with van der Waals surface area (Å²) >= 11 is 6.23. The average Bonchev–Trinajstić information content (AvgIpc) is 2.78. The van der Waals surface area contributed by atoms with Crippen molar-refractivity contribution in [1.82, 2.24) is 14.9 Å². The van der Waals surface area contributed by atoms with Crippen LogP contribution >= 0.6 is 11.6 Å². The number of hydrogen-bond donors (Lipinski definition) is 0. The molecule has 6 nitrogen and oxygen atoms in total. The highest BCUT2D eigenvalue weighted by atomic mass is 35.5. The largest absolute Gasteiger partial charge is 0.437 e. The normalized spacial score (nSPS) is 16.2. The first kappa shape index (κ1) is 22.0. The number of hydrogen-bond acceptors (Lipinski definition) is 5. The van der Waals surface area contributed by atoms with E-state index < -0.39 is 0 Å². The van der Waals surface area contributed by atoms with Gasteiger partial charge < -0.3 is 14.5 Å². The van der Waals surface area contributed by atoms with E-state index in [-0.39, 0.29) is 24.2 Å². The number of nitrogens with zero attached hydrogens (tertiary/aromatic N) is 4. The third-order valence-electron chi connectivity index (χ3n) is 5.47. The molecule has 0 bridgehead atoms. The second-order valence-electron chi connectivity index (χ2n) is 7.94. The van der Waals surface area contributed by atoms with Gasteiger partial charge >= 0.3 is 0 Å². The Morgan fingerprint density at radius 1 is 1.16 bits per heavy atom. The standard InChI is InChI=1S/C24H24ClFN4O2/c1-16-3-8-20(25)21(11-16)32-23-13-22(27-15-28-23)29-9-10-30(17(2)14-29)24(31)12-18-4-6-19(26)7-5-18/h3-8,11,13,15,17H,9-10,12,14H2,1-2H3/t17-/m0/s1. The maximum Gasteiger partial charge on any atom is 0.227 e. The first-order valence-electron chi connectivity index (χ1n) is 10.4. The van der Waals surface area contributed by atoms with E-state index in [1.165, 1.54) is 18.5 Å². The number of amides is 1. The number of ether oxygens (including phenoxy) is 1. The van der Waals surface area contributed by atoms with Crippen molar-refractivity contribution >= 4 is 23.3 Å².